The van der Waals surface area contributed by atoms with Gasteiger partial charge in [-0.3, -0.25) is 0 Å². The summed E-state index contributed by atoms with van der Waals surface area (Å²) >= 11 is 5.77. The van der Waals surface area contributed by atoms with Crippen molar-refractivity contribution in [1.29, 1.82) is 0 Å². The van der Waals surface area contributed by atoms with Gasteiger partial charge in [-0.15, -0.1) is 0 Å². The van der Waals surface area contributed by atoms with Gasteiger partial charge in [0.15, 0.2) is 0 Å². The second kappa shape index (κ2) is 5.56. The molecule has 0 aliphatic rings. The maximum atomic E-state index is 11.1. The fourth-order valence-corrected chi connectivity index (χ4v) is 1.40. The number of esters is 1. The summed E-state index contributed by atoms with van der Waals surface area (Å²) in [6, 6.07) is 7.69. The van der Waals surface area contributed by atoms with Gasteiger partial charge in [-0.2, -0.15) is 0 Å². The summed E-state index contributed by atoms with van der Waals surface area (Å²) in [5, 5.41) is 0.0680. The number of ether oxygens (including phenoxy) is 1. The van der Waals surface area contributed by atoms with Crippen LogP contribution in [0.3, 0.4) is 0 Å². The molecule has 0 saturated heterocycles. The first kappa shape index (κ1) is 12.6. The van der Waals surface area contributed by atoms with Crippen molar-refractivity contribution in [3.05, 3.63) is 34.9 Å². The maximum Gasteiger partial charge on any atom is 0.349 e. The molecule has 86 valence electrons. The van der Waals surface area contributed by atoms with Crippen LogP contribution in [-0.4, -0.2) is 27.2 Å². The molecule has 0 radical (unpaired) electrons. The Bertz CT molecular complexity index is 413. The van der Waals surface area contributed by atoms with Gasteiger partial charge in [0.2, 0.25) is 0 Å². The smallest absolute Gasteiger partial charge is 0.349 e. The lowest BCUT2D eigenvalue weighted by molar-refractivity contribution is -0.135. The van der Waals surface area contributed by atoms with E-state index in [1.165, 1.54) is 7.11 Å². The summed E-state index contributed by atoms with van der Waals surface area (Å²) in [6.45, 7) is 0. The van der Waals surface area contributed by atoms with Crippen LogP contribution in [0.5, 0.6) is 0 Å². The lowest BCUT2D eigenvalue weighted by Gasteiger charge is -2.12. The molecule has 0 atom stereocenters. The van der Waals surface area contributed by atoms with Crippen molar-refractivity contribution >= 4 is 29.3 Å². The van der Waals surface area contributed by atoms with Crippen molar-refractivity contribution in [1.82, 2.24) is 0 Å². The summed E-state index contributed by atoms with van der Waals surface area (Å²) in [5.74, 6) is -0.531. The number of carbonyl (C=O) groups is 1. The van der Waals surface area contributed by atoms with E-state index in [4.69, 9.17) is 11.6 Å². The molecular formula is C12H14ClNO2. The van der Waals surface area contributed by atoms with E-state index < -0.39 is 5.97 Å². The molecule has 0 aromatic heterocycles. The van der Waals surface area contributed by atoms with E-state index in [1.807, 2.05) is 43.3 Å². The normalized spacial score (nSPS) is 11.1. The highest BCUT2D eigenvalue weighted by Crippen LogP contribution is 2.17. The zero-order valence-corrected chi connectivity index (χ0v) is 10.3. The minimum Gasteiger partial charge on any atom is -0.465 e. The molecule has 0 aliphatic heterocycles. The van der Waals surface area contributed by atoms with Crippen LogP contribution in [0.4, 0.5) is 5.69 Å². The maximum absolute atomic E-state index is 11.1. The summed E-state index contributed by atoms with van der Waals surface area (Å²) in [7, 11) is 5.20. The number of anilines is 1. The second-order valence-corrected chi connectivity index (χ2v) is 3.88. The van der Waals surface area contributed by atoms with Gasteiger partial charge in [-0.05, 0) is 23.8 Å². The predicted molar refractivity (Wildman–Crippen MR) is 66.6 cm³/mol. The predicted octanol–water partition coefficient (Wildman–Crippen LogP) is 2.51. The zero-order valence-electron chi connectivity index (χ0n) is 9.53. The number of nitrogens with zero attached hydrogens (tertiary/aromatic N) is 1. The number of hydrogen-bond donors (Lipinski definition) is 0. The molecular weight excluding hydrogens is 226 g/mol. The molecule has 3 nitrogen and oxygen atoms in total. The van der Waals surface area contributed by atoms with Crippen molar-refractivity contribution in [3.8, 4) is 0 Å². The average Bonchev–Trinajstić information content (AvgIpc) is 2.28. The Morgan fingerprint density at radius 3 is 2.69 bits per heavy atom. The molecule has 1 rings (SSSR count). The van der Waals surface area contributed by atoms with E-state index in [1.54, 1.807) is 6.08 Å². The number of benzene rings is 1. The molecule has 0 fully saturated rings. The van der Waals surface area contributed by atoms with Gasteiger partial charge in [0.25, 0.3) is 0 Å². The van der Waals surface area contributed by atoms with Crippen LogP contribution < -0.4 is 4.90 Å². The molecule has 0 heterocycles. The standard InChI is InChI=1S/C12H14ClNO2/c1-14(2)10-6-4-5-9(7-10)8-11(13)12(15)16-3/h4-8H,1-3H3/b11-8-. The van der Waals surface area contributed by atoms with Crippen LogP contribution in [0.15, 0.2) is 29.3 Å². The third kappa shape index (κ3) is 3.28. The molecule has 0 saturated carbocycles. The fourth-order valence-electron chi connectivity index (χ4n) is 1.20. The van der Waals surface area contributed by atoms with Gasteiger partial charge >= 0.3 is 5.97 Å². The third-order valence-corrected chi connectivity index (χ3v) is 2.32. The minimum atomic E-state index is -0.531. The van der Waals surface area contributed by atoms with E-state index in [9.17, 15) is 4.79 Å². The first-order valence-corrected chi connectivity index (χ1v) is 5.15. The Hall–Kier alpha value is -1.48. The second-order valence-electron chi connectivity index (χ2n) is 3.47. The van der Waals surface area contributed by atoms with Gasteiger partial charge < -0.3 is 9.64 Å². The van der Waals surface area contributed by atoms with E-state index in [2.05, 4.69) is 4.74 Å². The van der Waals surface area contributed by atoms with E-state index in [0.717, 1.165) is 11.3 Å². The molecule has 16 heavy (non-hydrogen) atoms. The quantitative estimate of drug-likeness (QED) is 0.600. The van der Waals surface area contributed by atoms with Crippen molar-refractivity contribution in [2.24, 2.45) is 0 Å². The summed E-state index contributed by atoms with van der Waals surface area (Å²) < 4.78 is 4.51. The van der Waals surface area contributed by atoms with Gasteiger partial charge in [0, 0.05) is 19.8 Å². The summed E-state index contributed by atoms with van der Waals surface area (Å²) in [4.78, 5) is 13.1. The van der Waals surface area contributed by atoms with Crippen LogP contribution in [0.1, 0.15) is 5.56 Å². The summed E-state index contributed by atoms with van der Waals surface area (Å²) in [6.07, 6.45) is 1.58. The molecule has 0 amide bonds. The van der Waals surface area contributed by atoms with Crippen molar-refractivity contribution in [3.63, 3.8) is 0 Å². The molecule has 1 aromatic rings. The fraction of sp³-hybridized carbons (Fsp3) is 0.250. The van der Waals surface area contributed by atoms with E-state index >= 15 is 0 Å². The van der Waals surface area contributed by atoms with Gasteiger partial charge in [0.05, 0.1) is 7.11 Å². The average molecular weight is 240 g/mol. The van der Waals surface area contributed by atoms with Gasteiger partial charge in [0.1, 0.15) is 5.03 Å². The molecule has 4 heteroatoms. The third-order valence-electron chi connectivity index (χ3n) is 2.06. The van der Waals surface area contributed by atoms with Crippen molar-refractivity contribution in [2.45, 2.75) is 0 Å². The van der Waals surface area contributed by atoms with Crippen molar-refractivity contribution in [2.75, 3.05) is 26.1 Å². The Balaban J connectivity index is 2.97. The highest BCUT2D eigenvalue weighted by molar-refractivity contribution is 6.43. The highest BCUT2D eigenvalue weighted by Gasteiger charge is 2.05. The molecule has 0 N–H and O–H groups in total. The van der Waals surface area contributed by atoms with Crippen LogP contribution in [0.2, 0.25) is 0 Å². The minimum absolute atomic E-state index is 0.0680. The zero-order chi connectivity index (χ0) is 12.1. The Morgan fingerprint density at radius 2 is 2.12 bits per heavy atom. The number of methoxy groups -OCH3 is 1. The van der Waals surface area contributed by atoms with Crippen LogP contribution in [0, 0.1) is 0 Å². The van der Waals surface area contributed by atoms with Crippen LogP contribution in [-0.2, 0) is 9.53 Å². The van der Waals surface area contributed by atoms with E-state index in [-0.39, 0.29) is 5.03 Å². The monoisotopic (exact) mass is 239 g/mol. The van der Waals surface area contributed by atoms with Gasteiger partial charge in [-0.25, -0.2) is 4.79 Å². The number of hydrogen-bond acceptors (Lipinski definition) is 3. The highest BCUT2D eigenvalue weighted by atomic mass is 35.5. The first-order valence-electron chi connectivity index (χ1n) is 4.77. The Morgan fingerprint density at radius 1 is 1.44 bits per heavy atom. The topological polar surface area (TPSA) is 29.5 Å². The van der Waals surface area contributed by atoms with Gasteiger partial charge in [-0.1, -0.05) is 23.7 Å². The number of halogens is 1. The van der Waals surface area contributed by atoms with Crippen LogP contribution in [0.25, 0.3) is 6.08 Å². The summed E-state index contributed by atoms with van der Waals surface area (Å²) in [5.41, 5.74) is 1.91. The molecule has 0 unspecified atom stereocenters. The van der Waals surface area contributed by atoms with E-state index in [0.29, 0.717) is 0 Å². The SMILES string of the molecule is COC(=O)/C(Cl)=C/c1cccc(N(C)C)c1. The van der Waals surface area contributed by atoms with Crippen LogP contribution >= 0.6 is 11.6 Å². The number of rotatable bonds is 3. The molecule has 0 aliphatic carbocycles. The number of carbonyl (C=O) groups excluding carboxylic acids is 1. The largest absolute Gasteiger partial charge is 0.465 e. The molecule has 0 spiro atoms. The molecule has 1 aromatic carbocycles. The lowest BCUT2D eigenvalue weighted by Crippen LogP contribution is -2.08. The Labute approximate surface area is 100 Å². The lowest BCUT2D eigenvalue weighted by atomic mass is 10.2. The Kier molecular flexibility index (Phi) is 4.38. The first-order chi connectivity index (χ1) is 7.54. The van der Waals surface area contributed by atoms with Crippen molar-refractivity contribution < 1.29 is 9.53 Å². The molecule has 0 bridgehead atoms.